The SMILES string of the molecule is N#C/C(NN)=C(/N)c1c(Cl)cc(N(Cc2ccccc2)Cc2ccccc2)cc1Cl. The number of halogens is 2. The molecule has 0 spiro atoms. The van der Waals surface area contributed by atoms with Crippen LogP contribution in [0, 0.1) is 11.3 Å². The number of hydrazine groups is 1. The second-order valence-corrected chi connectivity index (χ2v) is 7.47. The van der Waals surface area contributed by atoms with E-state index in [0.717, 1.165) is 16.8 Å². The molecule has 30 heavy (non-hydrogen) atoms. The maximum atomic E-state index is 9.19. The Morgan fingerprint density at radius 2 is 1.37 bits per heavy atom. The maximum absolute atomic E-state index is 9.19. The number of nitriles is 1. The van der Waals surface area contributed by atoms with Crippen molar-refractivity contribution in [3.8, 4) is 6.07 Å². The van der Waals surface area contributed by atoms with Gasteiger partial charge in [-0.25, -0.2) is 5.84 Å². The number of hydrogen-bond acceptors (Lipinski definition) is 5. The molecule has 0 heterocycles. The molecule has 3 rings (SSSR count). The molecule has 0 amide bonds. The summed E-state index contributed by atoms with van der Waals surface area (Å²) >= 11 is 13.1. The van der Waals surface area contributed by atoms with Gasteiger partial charge in [0.2, 0.25) is 0 Å². The molecule has 5 N–H and O–H groups in total. The minimum Gasteiger partial charge on any atom is -0.396 e. The Hall–Kier alpha value is -3.17. The van der Waals surface area contributed by atoms with E-state index in [1.54, 1.807) is 12.1 Å². The van der Waals surface area contributed by atoms with Gasteiger partial charge >= 0.3 is 0 Å². The fourth-order valence-corrected chi connectivity index (χ4v) is 3.82. The molecule has 0 atom stereocenters. The van der Waals surface area contributed by atoms with Gasteiger partial charge in [0, 0.05) is 24.3 Å². The van der Waals surface area contributed by atoms with E-state index in [2.05, 4.69) is 34.6 Å². The smallest absolute Gasteiger partial charge is 0.151 e. The van der Waals surface area contributed by atoms with E-state index < -0.39 is 0 Å². The van der Waals surface area contributed by atoms with E-state index in [1.165, 1.54) is 0 Å². The Morgan fingerprint density at radius 1 is 0.900 bits per heavy atom. The van der Waals surface area contributed by atoms with Crippen LogP contribution in [0.3, 0.4) is 0 Å². The monoisotopic (exact) mass is 437 g/mol. The Morgan fingerprint density at radius 3 is 1.77 bits per heavy atom. The van der Waals surface area contributed by atoms with Crippen molar-refractivity contribution in [1.29, 1.82) is 5.26 Å². The van der Waals surface area contributed by atoms with Gasteiger partial charge in [0.1, 0.15) is 6.07 Å². The standard InChI is InChI=1S/C23H21Cl2N5/c24-19-11-18(12-20(25)22(19)23(27)21(13-26)29-28)30(14-16-7-3-1-4-8-16)15-17-9-5-2-6-10-17/h1-12,29H,14-15,27-28H2/b23-21-. The average Bonchev–Trinajstić information content (AvgIpc) is 2.75. The van der Waals surface area contributed by atoms with Crippen LogP contribution >= 0.6 is 23.2 Å². The molecule has 152 valence electrons. The van der Waals surface area contributed by atoms with Gasteiger partial charge in [-0.15, -0.1) is 0 Å². The van der Waals surface area contributed by atoms with Crippen molar-refractivity contribution in [2.24, 2.45) is 11.6 Å². The van der Waals surface area contributed by atoms with Crippen LogP contribution in [0.5, 0.6) is 0 Å². The molecule has 0 aliphatic rings. The molecule has 0 radical (unpaired) electrons. The Kier molecular flexibility index (Phi) is 7.21. The average molecular weight is 438 g/mol. The Bertz CT molecular complexity index is 1010. The van der Waals surface area contributed by atoms with Crippen molar-refractivity contribution in [2.75, 3.05) is 4.90 Å². The number of benzene rings is 3. The lowest BCUT2D eigenvalue weighted by Gasteiger charge is -2.26. The van der Waals surface area contributed by atoms with Gasteiger partial charge in [0.25, 0.3) is 0 Å². The van der Waals surface area contributed by atoms with Crippen LogP contribution in [-0.4, -0.2) is 0 Å². The predicted molar refractivity (Wildman–Crippen MR) is 123 cm³/mol. The number of nitrogens with zero attached hydrogens (tertiary/aromatic N) is 2. The van der Waals surface area contributed by atoms with Gasteiger partial charge in [-0.3, -0.25) is 0 Å². The number of nitrogens with two attached hydrogens (primary N) is 2. The summed E-state index contributed by atoms with van der Waals surface area (Å²) in [6.07, 6.45) is 0. The second-order valence-electron chi connectivity index (χ2n) is 6.66. The largest absolute Gasteiger partial charge is 0.396 e. The fourth-order valence-electron chi connectivity index (χ4n) is 3.14. The van der Waals surface area contributed by atoms with Crippen LogP contribution in [0.1, 0.15) is 16.7 Å². The van der Waals surface area contributed by atoms with E-state index in [-0.39, 0.29) is 11.4 Å². The maximum Gasteiger partial charge on any atom is 0.151 e. The number of anilines is 1. The fraction of sp³-hybridized carbons (Fsp3) is 0.0870. The van der Waals surface area contributed by atoms with Crippen molar-refractivity contribution < 1.29 is 0 Å². The normalized spacial score (nSPS) is 11.4. The molecule has 7 heteroatoms. The van der Waals surface area contributed by atoms with Crippen LogP contribution in [-0.2, 0) is 13.1 Å². The quantitative estimate of drug-likeness (QED) is 0.280. The van der Waals surface area contributed by atoms with E-state index in [1.807, 2.05) is 42.5 Å². The number of allylic oxidation sites excluding steroid dienone is 1. The first-order valence-electron chi connectivity index (χ1n) is 9.22. The number of nitrogens with one attached hydrogen (secondary N) is 1. The molecular weight excluding hydrogens is 417 g/mol. The van der Waals surface area contributed by atoms with E-state index >= 15 is 0 Å². The molecule has 0 saturated heterocycles. The van der Waals surface area contributed by atoms with Crippen LogP contribution in [0.15, 0.2) is 78.5 Å². The summed E-state index contributed by atoms with van der Waals surface area (Å²) in [4.78, 5) is 2.18. The molecule has 0 aromatic heterocycles. The van der Waals surface area contributed by atoms with Crippen LogP contribution < -0.4 is 21.9 Å². The topological polar surface area (TPSA) is 91.1 Å². The molecule has 3 aromatic carbocycles. The van der Waals surface area contributed by atoms with Crippen molar-refractivity contribution >= 4 is 34.6 Å². The lowest BCUT2D eigenvalue weighted by Crippen LogP contribution is -2.24. The zero-order valence-corrected chi connectivity index (χ0v) is 17.7. The minimum atomic E-state index is -0.00280. The molecular formula is C23H21Cl2N5. The van der Waals surface area contributed by atoms with E-state index in [0.29, 0.717) is 28.7 Å². The van der Waals surface area contributed by atoms with Crippen molar-refractivity contribution in [3.63, 3.8) is 0 Å². The van der Waals surface area contributed by atoms with Crippen LogP contribution in [0.2, 0.25) is 10.0 Å². The number of hydrogen-bond donors (Lipinski definition) is 3. The summed E-state index contributed by atoms with van der Waals surface area (Å²) in [6.45, 7) is 1.34. The summed E-state index contributed by atoms with van der Waals surface area (Å²) in [5, 5.41) is 9.86. The van der Waals surface area contributed by atoms with Crippen molar-refractivity contribution in [2.45, 2.75) is 13.1 Å². The highest BCUT2D eigenvalue weighted by molar-refractivity contribution is 6.38. The predicted octanol–water partition coefficient (Wildman–Crippen LogP) is 4.81. The highest BCUT2D eigenvalue weighted by atomic mass is 35.5. The van der Waals surface area contributed by atoms with Gasteiger partial charge < -0.3 is 16.1 Å². The first kappa shape index (κ1) is 21.5. The first-order valence-corrected chi connectivity index (χ1v) is 9.97. The molecule has 0 bridgehead atoms. The molecule has 3 aromatic rings. The Balaban J connectivity index is 2.03. The van der Waals surface area contributed by atoms with Gasteiger partial charge in [0.15, 0.2) is 5.70 Å². The van der Waals surface area contributed by atoms with Gasteiger partial charge in [-0.05, 0) is 23.3 Å². The van der Waals surface area contributed by atoms with Gasteiger partial charge in [-0.2, -0.15) is 5.26 Å². The van der Waals surface area contributed by atoms with Gasteiger partial charge in [-0.1, -0.05) is 83.9 Å². The molecule has 5 nitrogen and oxygen atoms in total. The van der Waals surface area contributed by atoms with E-state index in [9.17, 15) is 5.26 Å². The highest BCUT2D eigenvalue weighted by Crippen LogP contribution is 2.35. The Labute approximate surface area is 186 Å². The van der Waals surface area contributed by atoms with Crippen LogP contribution in [0.25, 0.3) is 5.70 Å². The zero-order valence-electron chi connectivity index (χ0n) is 16.1. The van der Waals surface area contributed by atoms with Crippen molar-refractivity contribution in [1.82, 2.24) is 5.43 Å². The lowest BCUT2D eigenvalue weighted by atomic mass is 10.1. The highest BCUT2D eigenvalue weighted by Gasteiger charge is 2.17. The third-order valence-electron chi connectivity index (χ3n) is 4.62. The summed E-state index contributed by atoms with van der Waals surface area (Å²) in [5.41, 5.74) is 12.0. The van der Waals surface area contributed by atoms with Crippen molar-refractivity contribution in [3.05, 3.63) is 105 Å². The molecule has 0 fully saturated rings. The van der Waals surface area contributed by atoms with Crippen LogP contribution in [0.4, 0.5) is 5.69 Å². The molecule has 0 unspecified atom stereocenters. The third-order valence-corrected chi connectivity index (χ3v) is 5.22. The molecule has 0 aliphatic heterocycles. The number of rotatable bonds is 7. The third kappa shape index (κ3) is 5.05. The molecule has 0 saturated carbocycles. The first-order chi connectivity index (χ1) is 14.5. The zero-order chi connectivity index (χ0) is 21.5. The summed E-state index contributed by atoms with van der Waals surface area (Å²) in [7, 11) is 0. The second kappa shape index (κ2) is 10.0. The van der Waals surface area contributed by atoms with E-state index in [4.69, 9.17) is 34.8 Å². The molecule has 0 aliphatic carbocycles. The lowest BCUT2D eigenvalue weighted by molar-refractivity contribution is 0.800. The van der Waals surface area contributed by atoms with Gasteiger partial charge in [0.05, 0.1) is 15.7 Å². The summed E-state index contributed by atoms with van der Waals surface area (Å²) in [6, 6.07) is 25.8. The summed E-state index contributed by atoms with van der Waals surface area (Å²) < 4.78 is 0. The minimum absolute atomic E-state index is 0.00280. The summed E-state index contributed by atoms with van der Waals surface area (Å²) in [5.74, 6) is 5.37.